The van der Waals surface area contributed by atoms with Crippen LogP contribution in [0, 0.1) is 11.3 Å². The van der Waals surface area contributed by atoms with Crippen molar-refractivity contribution in [3.05, 3.63) is 29.8 Å². The lowest BCUT2D eigenvalue weighted by molar-refractivity contribution is -0.274. The molecular formula is C13H16F3N3O. The molecule has 0 saturated heterocycles. The Morgan fingerprint density at radius 3 is 2.35 bits per heavy atom. The van der Waals surface area contributed by atoms with E-state index in [-0.39, 0.29) is 5.75 Å². The Labute approximate surface area is 115 Å². The number of halogens is 3. The molecule has 1 N–H and O–H groups in total. The average Bonchev–Trinajstić information content (AvgIpc) is 2.34. The van der Waals surface area contributed by atoms with Gasteiger partial charge in [0, 0.05) is 13.1 Å². The van der Waals surface area contributed by atoms with Crippen LogP contribution in [0.1, 0.15) is 11.6 Å². The summed E-state index contributed by atoms with van der Waals surface area (Å²) in [6.07, 6.45) is -4.71. The van der Waals surface area contributed by atoms with Crippen molar-refractivity contribution >= 4 is 0 Å². The summed E-state index contributed by atoms with van der Waals surface area (Å²) in [4.78, 5) is 1.96. The Bertz CT molecular complexity index is 451. The van der Waals surface area contributed by atoms with Crippen LogP contribution < -0.4 is 10.1 Å². The molecule has 0 spiro atoms. The van der Waals surface area contributed by atoms with Crippen molar-refractivity contribution in [1.29, 1.82) is 5.26 Å². The minimum atomic E-state index is -4.71. The first kappa shape index (κ1) is 16.3. The van der Waals surface area contributed by atoms with E-state index in [0.717, 1.165) is 6.54 Å². The molecule has 1 rings (SSSR count). The van der Waals surface area contributed by atoms with Crippen LogP contribution in [-0.2, 0) is 0 Å². The number of nitrogens with one attached hydrogen (secondary N) is 1. The number of benzene rings is 1. The highest BCUT2D eigenvalue weighted by Crippen LogP contribution is 2.24. The first-order valence-corrected chi connectivity index (χ1v) is 5.95. The van der Waals surface area contributed by atoms with Gasteiger partial charge in [-0.3, -0.25) is 5.32 Å². The van der Waals surface area contributed by atoms with Gasteiger partial charge in [-0.1, -0.05) is 12.1 Å². The van der Waals surface area contributed by atoms with Crippen molar-refractivity contribution in [2.24, 2.45) is 0 Å². The SMILES string of the molecule is CN(C)CCNC(C#N)c1ccc(OC(F)(F)F)cc1. The monoisotopic (exact) mass is 287 g/mol. The van der Waals surface area contributed by atoms with E-state index in [2.05, 4.69) is 16.1 Å². The molecule has 1 unspecified atom stereocenters. The largest absolute Gasteiger partial charge is 0.573 e. The number of hydrogen-bond donors (Lipinski definition) is 1. The predicted molar refractivity (Wildman–Crippen MR) is 68.0 cm³/mol. The summed E-state index contributed by atoms with van der Waals surface area (Å²) in [5, 5.41) is 12.1. The van der Waals surface area contributed by atoms with E-state index in [0.29, 0.717) is 12.1 Å². The maximum absolute atomic E-state index is 12.0. The van der Waals surface area contributed by atoms with E-state index < -0.39 is 12.4 Å². The summed E-state index contributed by atoms with van der Waals surface area (Å²) in [6.45, 7) is 1.36. The first-order chi connectivity index (χ1) is 9.31. The third-order valence-electron chi connectivity index (χ3n) is 2.48. The second kappa shape index (κ2) is 7.12. The summed E-state index contributed by atoms with van der Waals surface area (Å²) in [5.41, 5.74) is 0.598. The molecule has 0 aromatic heterocycles. The van der Waals surface area contributed by atoms with Gasteiger partial charge >= 0.3 is 6.36 Å². The smallest absolute Gasteiger partial charge is 0.406 e. The minimum Gasteiger partial charge on any atom is -0.406 e. The van der Waals surface area contributed by atoms with Crippen LogP contribution in [-0.4, -0.2) is 38.4 Å². The van der Waals surface area contributed by atoms with Crippen molar-refractivity contribution < 1.29 is 17.9 Å². The van der Waals surface area contributed by atoms with Crippen LogP contribution in [0.4, 0.5) is 13.2 Å². The molecule has 0 bridgehead atoms. The number of ether oxygens (including phenoxy) is 1. The molecule has 110 valence electrons. The van der Waals surface area contributed by atoms with Gasteiger partial charge in [0.1, 0.15) is 11.8 Å². The molecule has 0 aliphatic heterocycles. The topological polar surface area (TPSA) is 48.3 Å². The Kier molecular flexibility index (Phi) is 5.80. The molecule has 1 aromatic carbocycles. The molecule has 0 radical (unpaired) electrons. The lowest BCUT2D eigenvalue weighted by Crippen LogP contribution is -2.29. The molecule has 20 heavy (non-hydrogen) atoms. The maximum atomic E-state index is 12.0. The van der Waals surface area contributed by atoms with Crippen molar-refractivity contribution in [2.75, 3.05) is 27.2 Å². The van der Waals surface area contributed by atoms with E-state index in [1.54, 1.807) is 0 Å². The van der Waals surface area contributed by atoms with Crippen LogP contribution in [0.25, 0.3) is 0 Å². The second-order valence-electron chi connectivity index (χ2n) is 4.44. The molecule has 0 saturated carbocycles. The quantitative estimate of drug-likeness (QED) is 0.872. The predicted octanol–water partition coefficient (Wildman–Crippen LogP) is 2.30. The molecule has 0 aliphatic carbocycles. The van der Waals surface area contributed by atoms with Crippen LogP contribution in [0.15, 0.2) is 24.3 Å². The van der Waals surface area contributed by atoms with Gasteiger partial charge in [0.05, 0.1) is 6.07 Å². The number of alkyl halides is 3. The van der Waals surface area contributed by atoms with Gasteiger partial charge in [-0.05, 0) is 31.8 Å². The molecule has 0 amide bonds. The summed E-state index contributed by atoms with van der Waals surface area (Å²) in [6, 6.07) is 6.78. The Balaban J connectivity index is 2.63. The first-order valence-electron chi connectivity index (χ1n) is 5.95. The van der Waals surface area contributed by atoms with Gasteiger partial charge in [-0.15, -0.1) is 13.2 Å². The zero-order valence-electron chi connectivity index (χ0n) is 11.2. The van der Waals surface area contributed by atoms with E-state index in [1.165, 1.54) is 24.3 Å². The van der Waals surface area contributed by atoms with Crippen molar-refractivity contribution in [3.63, 3.8) is 0 Å². The maximum Gasteiger partial charge on any atom is 0.573 e. The van der Waals surface area contributed by atoms with E-state index in [9.17, 15) is 13.2 Å². The zero-order chi connectivity index (χ0) is 15.2. The number of rotatable bonds is 6. The van der Waals surface area contributed by atoms with Gasteiger partial charge in [0.25, 0.3) is 0 Å². The number of hydrogen-bond acceptors (Lipinski definition) is 4. The molecule has 4 nitrogen and oxygen atoms in total. The molecule has 7 heteroatoms. The summed E-state index contributed by atoms with van der Waals surface area (Å²) < 4.78 is 39.8. The molecule has 0 heterocycles. The fraction of sp³-hybridized carbons (Fsp3) is 0.462. The fourth-order valence-electron chi connectivity index (χ4n) is 1.53. The van der Waals surface area contributed by atoms with Crippen molar-refractivity contribution in [1.82, 2.24) is 10.2 Å². The van der Waals surface area contributed by atoms with Crippen molar-refractivity contribution in [2.45, 2.75) is 12.4 Å². The van der Waals surface area contributed by atoms with Crippen LogP contribution in [0.5, 0.6) is 5.75 Å². The molecule has 1 atom stereocenters. The lowest BCUT2D eigenvalue weighted by Gasteiger charge is -2.15. The molecular weight excluding hydrogens is 271 g/mol. The third-order valence-corrected chi connectivity index (χ3v) is 2.48. The number of nitrogens with zero attached hydrogens (tertiary/aromatic N) is 2. The van der Waals surface area contributed by atoms with Gasteiger partial charge in [-0.2, -0.15) is 5.26 Å². The Hall–Kier alpha value is -1.78. The standard InChI is InChI=1S/C13H16F3N3O/c1-19(2)8-7-18-12(9-17)10-3-5-11(6-4-10)20-13(14,15)16/h3-6,12,18H,7-8H2,1-2H3. The number of likely N-dealkylation sites (N-methyl/N-ethyl adjacent to an activating group) is 1. The van der Waals surface area contributed by atoms with Crippen LogP contribution in [0.2, 0.25) is 0 Å². The summed E-state index contributed by atoms with van der Waals surface area (Å²) in [5.74, 6) is -0.300. The average molecular weight is 287 g/mol. The Morgan fingerprint density at radius 1 is 1.30 bits per heavy atom. The summed E-state index contributed by atoms with van der Waals surface area (Å²) >= 11 is 0. The van der Waals surface area contributed by atoms with E-state index in [1.807, 2.05) is 19.0 Å². The highest BCUT2D eigenvalue weighted by Gasteiger charge is 2.31. The van der Waals surface area contributed by atoms with Crippen LogP contribution in [0.3, 0.4) is 0 Å². The fourth-order valence-corrected chi connectivity index (χ4v) is 1.53. The highest BCUT2D eigenvalue weighted by atomic mass is 19.4. The Morgan fingerprint density at radius 2 is 1.90 bits per heavy atom. The zero-order valence-corrected chi connectivity index (χ0v) is 11.2. The molecule has 0 fully saturated rings. The lowest BCUT2D eigenvalue weighted by atomic mass is 10.1. The molecule has 0 aliphatic rings. The van der Waals surface area contributed by atoms with E-state index in [4.69, 9.17) is 5.26 Å². The van der Waals surface area contributed by atoms with Gasteiger partial charge in [0.15, 0.2) is 0 Å². The second-order valence-corrected chi connectivity index (χ2v) is 4.44. The highest BCUT2D eigenvalue weighted by molar-refractivity contribution is 5.31. The summed E-state index contributed by atoms with van der Waals surface area (Å²) in [7, 11) is 3.82. The van der Waals surface area contributed by atoms with Gasteiger partial charge in [0.2, 0.25) is 0 Å². The van der Waals surface area contributed by atoms with Crippen LogP contribution >= 0.6 is 0 Å². The van der Waals surface area contributed by atoms with E-state index >= 15 is 0 Å². The number of nitriles is 1. The van der Waals surface area contributed by atoms with Crippen molar-refractivity contribution in [3.8, 4) is 11.8 Å². The normalized spacial score (nSPS) is 13.1. The third kappa shape index (κ3) is 5.91. The van der Waals surface area contributed by atoms with Gasteiger partial charge in [-0.25, -0.2) is 0 Å². The van der Waals surface area contributed by atoms with Gasteiger partial charge < -0.3 is 9.64 Å². The minimum absolute atomic E-state index is 0.300. The molecule has 1 aromatic rings.